The summed E-state index contributed by atoms with van der Waals surface area (Å²) in [7, 11) is 1.87. The maximum Gasteiger partial charge on any atom is 0.272 e. The predicted molar refractivity (Wildman–Crippen MR) is 108 cm³/mol. The molecule has 0 spiro atoms. The van der Waals surface area contributed by atoms with Crippen LogP contribution in [0.3, 0.4) is 0 Å². The summed E-state index contributed by atoms with van der Waals surface area (Å²) in [5.74, 6) is 0.0304. The summed E-state index contributed by atoms with van der Waals surface area (Å²) in [5.41, 5.74) is 1.74. The van der Waals surface area contributed by atoms with Gasteiger partial charge in [0.15, 0.2) is 0 Å². The van der Waals surface area contributed by atoms with E-state index in [1.807, 2.05) is 28.6 Å². The zero-order valence-corrected chi connectivity index (χ0v) is 15.7. The summed E-state index contributed by atoms with van der Waals surface area (Å²) >= 11 is 0. The monoisotopic (exact) mass is 364 g/mol. The lowest BCUT2D eigenvalue weighted by Gasteiger charge is -2.16. The second-order valence-corrected chi connectivity index (χ2v) is 7.50. The molecule has 0 atom stereocenters. The lowest BCUT2D eigenvalue weighted by Crippen LogP contribution is -2.46. The minimum Gasteiger partial charge on any atom is -0.507 e. The molecule has 0 saturated carbocycles. The van der Waals surface area contributed by atoms with Crippen LogP contribution in [-0.2, 0) is 5.41 Å². The summed E-state index contributed by atoms with van der Waals surface area (Å²) in [6, 6.07) is 5.03. The van der Waals surface area contributed by atoms with Crippen molar-refractivity contribution < 1.29 is 5.11 Å². The molecular weight excluding hydrogens is 343 g/mol. The number of aromatic hydroxyl groups is 1. The molecule has 2 aromatic heterocycles. The number of phenolic OH excluding ortho intramolecular Hbond substituents is 1. The van der Waals surface area contributed by atoms with Gasteiger partial charge in [-0.25, -0.2) is 4.98 Å². The number of hydrogen-bond donors (Lipinski definition) is 4. The zero-order valence-electron chi connectivity index (χ0n) is 15.7. The van der Waals surface area contributed by atoms with E-state index in [4.69, 9.17) is 0 Å². The molecule has 2 heterocycles. The third-order valence-corrected chi connectivity index (χ3v) is 4.17. The Bertz CT molecular complexity index is 1230. The maximum atomic E-state index is 12.4. The first-order valence-corrected chi connectivity index (χ1v) is 8.55. The summed E-state index contributed by atoms with van der Waals surface area (Å²) in [6.45, 7) is 6.08. The fourth-order valence-electron chi connectivity index (χ4n) is 2.79. The number of hydrogen-bond acceptors (Lipinski definition) is 4. The van der Waals surface area contributed by atoms with Crippen molar-refractivity contribution in [1.82, 2.24) is 19.9 Å². The molecule has 0 unspecified atom stereocenters. The second-order valence-electron chi connectivity index (χ2n) is 7.50. The van der Waals surface area contributed by atoms with E-state index < -0.39 is 11.1 Å². The smallest absolute Gasteiger partial charge is 0.272 e. The topological polar surface area (TPSA) is 115 Å². The van der Waals surface area contributed by atoms with Crippen LogP contribution in [0, 0.1) is 0 Å². The maximum absolute atomic E-state index is 12.4. The summed E-state index contributed by atoms with van der Waals surface area (Å²) in [5, 5.41) is 10.1. The Morgan fingerprint density at radius 2 is 1.70 bits per heavy atom. The Morgan fingerprint density at radius 1 is 1.07 bits per heavy atom. The van der Waals surface area contributed by atoms with Crippen molar-refractivity contribution >= 4 is 25.5 Å². The highest BCUT2D eigenvalue weighted by Crippen LogP contribution is 2.22. The Morgan fingerprint density at radius 3 is 2.33 bits per heavy atom. The SMILES string of the molecule is Bc1ccc(O)c(/C=c2\[nH]c(=O)/c(=C/c3nc[nH]c3C(C)(C)C)[nH]c2=O)c1. The Labute approximate surface area is 155 Å². The zero-order chi connectivity index (χ0) is 19.8. The molecule has 138 valence electrons. The number of nitrogens with one attached hydrogen (secondary N) is 3. The highest BCUT2D eigenvalue weighted by atomic mass is 16.3. The van der Waals surface area contributed by atoms with E-state index in [2.05, 4.69) is 19.9 Å². The molecule has 1 aromatic carbocycles. The van der Waals surface area contributed by atoms with Gasteiger partial charge in [-0.1, -0.05) is 38.4 Å². The van der Waals surface area contributed by atoms with Gasteiger partial charge < -0.3 is 20.1 Å². The molecule has 0 aliphatic rings. The first-order chi connectivity index (χ1) is 12.6. The predicted octanol–water partition coefficient (Wildman–Crippen LogP) is -1.29. The minimum absolute atomic E-state index is 0.0304. The number of aromatic amines is 3. The van der Waals surface area contributed by atoms with E-state index in [9.17, 15) is 14.7 Å². The van der Waals surface area contributed by atoms with Gasteiger partial charge in [0.1, 0.15) is 24.3 Å². The Hall–Kier alpha value is -3.29. The molecule has 3 aromatic rings. The van der Waals surface area contributed by atoms with Crippen LogP contribution in [0.25, 0.3) is 12.2 Å². The van der Waals surface area contributed by atoms with Crippen molar-refractivity contribution in [2.45, 2.75) is 26.2 Å². The molecule has 4 N–H and O–H groups in total. The van der Waals surface area contributed by atoms with Crippen LogP contribution in [0.1, 0.15) is 37.7 Å². The Balaban J connectivity index is 2.16. The van der Waals surface area contributed by atoms with Gasteiger partial charge in [0.05, 0.1) is 12.0 Å². The average Bonchev–Trinajstić information content (AvgIpc) is 3.04. The molecule has 0 aliphatic carbocycles. The number of imidazole rings is 1. The number of phenols is 1. The Kier molecular flexibility index (Phi) is 4.65. The van der Waals surface area contributed by atoms with Crippen LogP contribution in [-0.4, -0.2) is 32.9 Å². The third-order valence-electron chi connectivity index (χ3n) is 4.17. The van der Waals surface area contributed by atoms with Gasteiger partial charge >= 0.3 is 0 Å². The van der Waals surface area contributed by atoms with Crippen molar-refractivity contribution in [3.8, 4) is 5.75 Å². The van der Waals surface area contributed by atoms with Gasteiger partial charge in [-0.15, -0.1) is 0 Å². The average molecular weight is 364 g/mol. The van der Waals surface area contributed by atoms with Crippen molar-refractivity contribution in [3.05, 3.63) is 72.9 Å². The molecule has 0 saturated heterocycles. The number of nitrogens with zero attached hydrogens (tertiary/aromatic N) is 1. The molecule has 27 heavy (non-hydrogen) atoms. The number of aromatic nitrogens is 4. The third kappa shape index (κ3) is 3.94. The highest BCUT2D eigenvalue weighted by Gasteiger charge is 2.19. The van der Waals surface area contributed by atoms with Crippen molar-refractivity contribution in [1.29, 1.82) is 0 Å². The van der Waals surface area contributed by atoms with Crippen LogP contribution in [0.4, 0.5) is 0 Å². The van der Waals surface area contributed by atoms with Crippen LogP contribution >= 0.6 is 0 Å². The molecule has 3 rings (SSSR count). The number of H-pyrrole nitrogens is 3. The van der Waals surface area contributed by atoms with Gasteiger partial charge in [-0.05, 0) is 18.2 Å². The van der Waals surface area contributed by atoms with Crippen LogP contribution in [0.2, 0.25) is 0 Å². The number of rotatable bonds is 2. The summed E-state index contributed by atoms with van der Waals surface area (Å²) in [6.07, 6.45) is 4.55. The first-order valence-electron chi connectivity index (χ1n) is 8.55. The number of benzene rings is 1. The van der Waals surface area contributed by atoms with Crippen LogP contribution < -0.4 is 27.3 Å². The van der Waals surface area contributed by atoms with E-state index in [1.165, 1.54) is 6.08 Å². The van der Waals surface area contributed by atoms with Gasteiger partial charge in [-0.3, -0.25) is 9.59 Å². The fraction of sp³-hybridized carbons (Fsp3) is 0.211. The van der Waals surface area contributed by atoms with E-state index >= 15 is 0 Å². The molecule has 7 nitrogen and oxygen atoms in total. The standard InChI is InChI=1S/C19H21BN4O3/c1-19(2,3)16-12(21-9-22-16)8-14-18(27)23-13(17(26)24-14)7-10-6-11(20)4-5-15(10)25/h4-9,25H,20H2,1-3H3,(H,21,22)(H,23,27)(H,24,26)/b13-7-,14-8-. The lowest BCUT2D eigenvalue weighted by molar-refractivity contribution is 0.474. The molecule has 8 heteroatoms. The fourth-order valence-corrected chi connectivity index (χ4v) is 2.79. The summed E-state index contributed by atoms with van der Waals surface area (Å²) < 4.78 is 0. The molecule has 0 fully saturated rings. The first kappa shape index (κ1) is 18.5. The van der Waals surface area contributed by atoms with Crippen molar-refractivity contribution in [2.75, 3.05) is 0 Å². The van der Waals surface area contributed by atoms with E-state index in [-0.39, 0.29) is 21.9 Å². The largest absolute Gasteiger partial charge is 0.507 e. The molecule has 0 bridgehead atoms. The van der Waals surface area contributed by atoms with Crippen LogP contribution in [0.5, 0.6) is 5.75 Å². The van der Waals surface area contributed by atoms with Crippen molar-refractivity contribution in [2.24, 2.45) is 0 Å². The van der Waals surface area contributed by atoms with E-state index in [0.717, 1.165) is 11.2 Å². The molecule has 0 aliphatic heterocycles. The van der Waals surface area contributed by atoms with E-state index in [0.29, 0.717) is 11.3 Å². The normalized spacial score (nSPS) is 13.3. The van der Waals surface area contributed by atoms with Gasteiger partial charge in [0.25, 0.3) is 11.1 Å². The lowest BCUT2D eigenvalue weighted by atomic mass is 9.90. The van der Waals surface area contributed by atoms with Gasteiger partial charge in [-0.2, -0.15) is 0 Å². The molecular formula is C19H21BN4O3. The molecule has 0 radical (unpaired) electrons. The van der Waals surface area contributed by atoms with Gasteiger partial charge in [0.2, 0.25) is 0 Å². The quantitative estimate of drug-likeness (QED) is 0.424. The molecule has 0 amide bonds. The van der Waals surface area contributed by atoms with Crippen LogP contribution in [0.15, 0.2) is 34.1 Å². The minimum atomic E-state index is -0.463. The summed E-state index contributed by atoms with van der Waals surface area (Å²) in [4.78, 5) is 37.3. The van der Waals surface area contributed by atoms with Crippen molar-refractivity contribution in [3.63, 3.8) is 0 Å². The second kappa shape index (κ2) is 6.79. The highest BCUT2D eigenvalue weighted by molar-refractivity contribution is 6.32. The van der Waals surface area contributed by atoms with E-state index in [1.54, 1.807) is 30.6 Å². The van der Waals surface area contributed by atoms with Gasteiger partial charge in [0, 0.05) is 16.7 Å².